The van der Waals surface area contributed by atoms with Gasteiger partial charge in [0.1, 0.15) is 47.3 Å². The molecule has 1 aliphatic carbocycles. The van der Waals surface area contributed by atoms with Crippen LogP contribution in [0.5, 0.6) is 5.88 Å². The molecule has 1 aromatic carbocycles. The molecule has 2 unspecified atom stereocenters. The summed E-state index contributed by atoms with van der Waals surface area (Å²) in [5.41, 5.74) is 0.217. The minimum absolute atomic E-state index is 0.00491. The summed E-state index contributed by atoms with van der Waals surface area (Å²) in [6.07, 6.45) is 7.80. The molecule has 0 N–H and O–H groups in total. The van der Waals surface area contributed by atoms with E-state index in [0.29, 0.717) is 18.6 Å². The van der Waals surface area contributed by atoms with Gasteiger partial charge in [-0.15, -0.1) is 0 Å². The first-order valence-corrected chi connectivity index (χ1v) is 12.2. The van der Waals surface area contributed by atoms with Crippen molar-refractivity contribution in [1.29, 1.82) is 5.26 Å². The fourth-order valence-corrected chi connectivity index (χ4v) is 4.59. The molecule has 2 aromatic heterocycles. The first-order chi connectivity index (χ1) is 18.4. The van der Waals surface area contributed by atoms with E-state index in [1.807, 2.05) is 6.07 Å². The molecule has 9 heteroatoms. The average molecular weight is 522 g/mol. The number of allylic oxidation sites excluding steroid dienone is 4. The molecule has 0 radical (unpaired) electrons. The minimum Gasteiger partial charge on any atom is -0.473 e. The van der Waals surface area contributed by atoms with Crippen molar-refractivity contribution in [2.75, 3.05) is 6.61 Å². The van der Waals surface area contributed by atoms with Gasteiger partial charge in [0.25, 0.3) is 0 Å². The number of benzene rings is 1. The van der Waals surface area contributed by atoms with Gasteiger partial charge >= 0.3 is 0 Å². The van der Waals surface area contributed by atoms with Crippen LogP contribution in [-0.4, -0.2) is 22.7 Å². The summed E-state index contributed by atoms with van der Waals surface area (Å²) < 4.78 is 70.0. The molecule has 1 aliphatic heterocycles. The van der Waals surface area contributed by atoms with Gasteiger partial charge in [0.15, 0.2) is 0 Å². The van der Waals surface area contributed by atoms with E-state index < -0.39 is 29.0 Å². The average Bonchev–Trinajstić information content (AvgIpc) is 2.89. The molecule has 3 heterocycles. The van der Waals surface area contributed by atoms with Crippen LogP contribution in [0.15, 0.2) is 66.6 Å². The molecule has 0 bridgehead atoms. The topological polar surface area (TPSA) is 68.0 Å². The zero-order valence-electron chi connectivity index (χ0n) is 20.2. The van der Waals surface area contributed by atoms with Gasteiger partial charge in [-0.1, -0.05) is 12.1 Å². The molecule has 194 valence electrons. The van der Waals surface area contributed by atoms with Gasteiger partial charge in [-0.2, -0.15) is 5.26 Å². The van der Waals surface area contributed by atoms with Crippen molar-refractivity contribution in [3.05, 3.63) is 101 Å². The quantitative estimate of drug-likeness (QED) is 0.322. The van der Waals surface area contributed by atoms with Gasteiger partial charge in [0.05, 0.1) is 6.10 Å². The maximum atomic E-state index is 15.2. The molecular formula is C29H23F4N3O2. The molecule has 3 atom stereocenters. The monoisotopic (exact) mass is 521 g/mol. The van der Waals surface area contributed by atoms with E-state index in [1.54, 1.807) is 12.1 Å². The third kappa shape index (κ3) is 5.76. The lowest BCUT2D eigenvalue weighted by Crippen LogP contribution is -2.31. The van der Waals surface area contributed by atoms with E-state index in [0.717, 1.165) is 24.6 Å². The third-order valence-corrected chi connectivity index (χ3v) is 6.75. The lowest BCUT2D eigenvalue weighted by atomic mass is 9.79. The molecule has 2 aliphatic rings. The summed E-state index contributed by atoms with van der Waals surface area (Å²) in [5, 5.41) is 8.84. The maximum Gasteiger partial charge on any atom is 0.214 e. The summed E-state index contributed by atoms with van der Waals surface area (Å²) in [5.74, 6) is -3.28. The molecule has 0 saturated carbocycles. The van der Waals surface area contributed by atoms with Gasteiger partial charge in [0.2, 0.25) is 5.88 Å². The summed E-state index contributed by atoms with van der Waals surface area (Å²) in [6, 6.07) is 9.36. The van der Waals surface area contributed by atoms with Crippen LogP contribution in [0.2, 0.25) is 0 Å². The number of nitriles is 1. The Kier molecular flexibility index (Phi) is 7.52. The van der Waals surface area contributed by atoms with Crippen LogP contribution in [0.25, 0.3) is 11.3 Å². The predicted molar refractivity (Wildman–Crippen MR) is 131 cm³/mol. The Labute approximate surface area is 217 Å². The minimum atomic E-state index is -0.851. The Morgan fingerprint density at radius 2 is 1.87 bits per heavy atom. The summed E-state index contributed by atoms with van der Waals surface area (Å²) in [6.45, 7) is 0.723. The van der Waals surface area contributed by atoms with Crippen molar-refractivity contribution in [3.63, 3.8) is 0 Å². The second-order valence-electron chi connectivity index (χ2n) is 9.32. The van der Waals surface area contributed by atoms with Crippen LogP contribution >= 0.6 is 0 Å². The first-order valence-electron chi connectivity index (χ1n) is 12.2. The standard InChI is InChI=1S/C29H23F4N3O2/c30-21-3-2-18(11-23-7-8-37-23)19(10-21)9-20-12-27(33)24(13-26(20)32)29-25(31)5-6-28(36-29)38-16-17-1-4-22(14-34)35-15-17/h1-6,10,12-13,15,18-19,23H,7-9,11,16H2/t18-,19?,23?/m1/s1. The van der Waals surface area contributed by atoms with Crippen molar-refractivity contribution in [3.8, 4) is 23.2 Å². The number of aromatic nitrogens is 2. The fraction of sp³-hybridized carbons (Fsp3) is 0.276. The van der Waals surface area contributed by atoms with Crippen molar-refractivity contribution >= 4 is 0 Å². The number of hydrogen-bond acceptors (Lipinski definition) is 5. The molecule has 1 saturated heterocycles. The van der Waals surface area contributed by atoms with Crippen LogP contribution in [0.1, 0.15) is 29.7 Å². The van der Waals surface area contributed by atoms with Gasteiger partial charge in [-0.05, 0) is 73.1 Å². The van der Waals surface area contributed by atoms with E-state index in [1.165, 1.54) is 30.5 Å². The van der Waals surface area contributed by atoms with Crippen molar-refractivity contribution in [1.82, 2.24) is 9.97 Å². The SMILES string of the molecule is N#Cc1ccc(COc2ccc(F)c(-c3cc(F)c(CC4C=C(F)C=C[C@@H]4CC4CCO4)cc3F)n2)cn1. The molecule has 0 spiro atoms. The van der Waals surface area contributed by atoms with Gasteiger partial charge in [-0.25, -0.2) is 27.5 Å². The highest BCUT2D eigenvalue weighted by Crippen LogP contribution is 2.35. The van der Waals surface area contributed by atoms with E-state index in [-0.39, 0.29) is 53.7 Å². The molecule has 5 rings (SSSR count). The zero-order chi connectivity index (χ0) is 26.6. The Morgan fingerprint density at radius 1 is 1.03 bits per heavy atom. The van der Waals surface area contributed by atoms with Crippen molar-refractivity contribution < 1.29 is 27.0 Å². The highest BCUT2D eigenvalue weighted by Gasteiger charge is 2.29. The predicted octanol–water partition coefficient (Wildman–Crippen LogP) is 6.39. The Balaban J connectivity index is 1.34. The second kappa shape index (κ2) is 11.2. The van der Waals surface area contributed by atoms with E-state index in [2.05, 4.69) is 9.97 Å². The lowest BCUT2D eigenvalue weighted by Gasteiger charge is -2.33. The number of ether oxygens (including phenoxy) is 2. The van der Waals surface area contributed by atoms with Crippen molar-refractivity contribution in [2.45, 2.75) is 32.0 Å². The highest BCUT2D eigenvalue weighted by atomic mass is 19.1. The molecule has 38 heavy (non-hydrogen) atoms. The van der Waals surface area contributed by atoms with Crippen LogP contribution in [0.4, 0.5) is 17.6 Å². The normalized spacial score (nSPS) is 20.4. The lowest BCUT2D eigenvalue weighted by molar-refractivity contribution is -0.0622. The summed E-state index contributed by atoms with van der Waals surface area (Å²) >= 11 is 0. The van der Waals surface area contributed by atoms with Crippen molar-refractivity contribution in [2.24, 2.45) is 11.8 Å². The number of nitrogens with zero attached hydrogens (tertiary/aromatic N) is 3. The van der Waals surface area contributed by atoms with Gasteiger partial charge in [0, 0.05) is 30.0 Å². The number of hydrogen-bond donors (Lipinski definition) is 0. The molecule has 3 aromatic rings. The van der Waals surface area contributed by atoms with Gasteiger partial charge < -0.3 is 9.47 Å². The Morgan fingerprint density at radius 3 is 2.58 bits per heavy atom. The summed E-state index contributed by atoms with van der Waals surface area (Å²) in [7, 11) is 0. The molecular weight excluding hydrogens is 498 g/mol. The van der Waals surface area contributed by atoms with E-state index in [4.69, 9.17) is 14.7 Å². The summed E-state index contributed by atoms with van der Waals surface area (Å²) in [4.78, 5) is 7.99. The Bertz CT molecular complexity index is 1430. The number of pyridine rings is 2. The van der Waals surface area contributed by atoms with Crippen LogP contribution in [0, 0.1) is 40.6 Å². The third-order valence-electron chi connectivity index (χ3n) is 6.75. The Hall–Kier alpha value is -4.03. The smallest absolute Gasteiger partial charge is 0.214 e. The number of halogens is 4. The molecule has 5 nitrogen and oxygen atoms in total. The molecule has 1 fully saturated rings. The number of rotatable bonds is 8. The van der Waals surface area contributed by atoms with Crippen LogP contribution in [-0.2, 0) is 17.8 Å². The maximum absolute atomic E-state index is 15.2. The highest BCUT2D eigenvalue weighted by molar-refractivity contribution is 5.62. The van der Waals surface area contributed by atoms with Gasteiger partial charge in [-0.3, -0.25) is 0 Å². The zero-order valence-corrected chi connectivity index (χ0v) is 20.2. The largest absolute Gasteiger partial charge is 0.473 e. The second-order valence-corrected chi connectivity index (χ2v) is 9.32. The van der Waals surface area contributed by atoms with E-state index >= 15 is 8.78 Å². The first kappa shape index (κ1) is 25.6. The van der Waals surface area contributed by atoms with Crippen LogP contribution < -0.4 is 4.74 Å². The van der Waals surface area contributed by atoms with E-state index in [9.17, 15) is 8.78 Å². The fourth-order valence-electron chi connectivity index (χ4n) is 4.59. The van der Waals surface area contributed by atoms with Crippen LogP contribution in [0.3, 0.4) is 0 Å². The molecule has 0 amide bonds.